The normalized spacial score (nSPS) is 23.9. The van der Waals surface area contributed by atoms with Gasteiger partial charge in [0.15, 0.2) is 5.69 Å². The van der Waals surface area contributed by atoms with Gasteiger partial charge in [0.25, 0.3) is 0 Å². The molecule has 150 valence electrons. The second-order valence-corrected chi connectivity index (χ2v) is 8.01. The molecule has 1 fully saturated rings. The van der Waals surface area contributed by atoms with Gasteiger partial charge in [-0.15, -0.1) is 0 Å². The highest BCUT2D eigenvalue weighted by Gasteiger charge is 2.34. The summed E-state index contributed by atoms with van der Waals surface area (Å²) in [5.41, 5.74) is 2.18. The Morgan fingerprint density at radius 2 is 1.93 bits per heavy atom. The zero-order chi connectivity index (χ0) is 19.7. The van der Waals surface area contributed by atoms with Crippen molar-refractivity contribution in [2.75, 3.05) is 47.9 Å². The van der Waals surface area contributed by atoms with E-state index in [9.17, 15) is 9.59 Å². The summed E-state index contributed by atoms with van der Waals surface area (Å²) >= 11 is 0. The van der Waals surface area contributed by atoms with Gasteiger partial charge >= 0.3 is 5.97 Å². The van der Waals surface area contributed by atoms with Gasteiger partial charge in [-0.05, 0) is 34.0 Å². The number of methoxy groups -OCH3 is 1. The summed E-state index contributed by atoms with van der Waals surface area (Å²) < 4.78 is 6.60. The zero-order valence-corrected chi connectivity index (χ0v) is 17.1. The minimum Gasteiger partial charge on any atom is -0.464 e. The van der Waals surface area contributed by atoms with E-state index in [2.05, 4.69) is 36.0 Å². The molecule has 8 heteroatoms. The van der Waals surface area contributed by atoms with Crippen LogP contribution in [0, 0.1) is 5.92 Å². The van der Waals surface area contributed by atoms with Crippen LogP contribution in [0.1, 0.15) is 34.6 Å². The van der Waals surface area contributed by atoms with Crippen molar-refractivity contribution in [2.45, 2.75) is 31.8 Å². The van der Waals surface area contributed by atoms with Gasteiger partial charge in [0.1, 0.15) is 0 Å². The van der Waals surface area contributed by atoms with Crippen LogP contribution in [0.3, 0.4) is 0 Å². The van der Waals surface area contributed by atoms with E-state index in [-0.39, 0.29) is 11.8 Å². The summed E-state index contributed by atoms with van der Waals surface area (Å²) in [4.78, 5) is 31.7. The molecule has 0 saturated carbocycles. The molecule has 2 aliphatic heterocycles. The molecule has 0 N–H and O–H groups in total. The summed E-state index contributed by atoms with van der Waals surface area (Å²) in [6.07, 6.45) is 2.63. The second kappa shape index (κ2) is 7.98. The lowest BCUT2D eigenvalue weighted by atomic mass is 9.97. The van der Waals surface area contributed by atoms with E-state index in [1.165, 1.54) is 7.11 Å². The molecular formula is C19H31N5O3. The topological polar surface area (TPSA) is 70.9 Å². The number of esters is 1. The van der Waals surface area contributed by atoms with Gasteiger partial charge < -0.3 is 19.4 Å². The first-order valence-electron chi connectivity index (χ1n) is 9.58. The molecule has 8 nitrogen and oxygen atoms in total. The number of likely N-dealkylation sites (tertiary alicyclic amines) is 1. The Bertz CT molecular complexity index is 714. The smallest absolute Gasteiger partial charge is 0.358 e. The maximum atomic E-state index is 13.2. The lowest BCUT2D eigenvalue weighted by Crippen LogP contribution is -2.43. The Morgan fingerprint density at radius 1 is 1.19 bits per heavy atom. The van der Waals surface area contributed by atoms with Crippen LogP contribution >= 0.6 is 0 Å². The molecule has 3 rings (SSSR count). The van der Waals surface area contributed by atoms with E-state index in [1.54, 1.807) is 4.68 Å². The number of hydrogen-bond donors (Lipinski definition) is 0. The van der Waals surface area contributed by atoms with Crippen molar-refractivity contribution in [1.29, 1.82) is 0 Å². The minimum atomic E-state index is -0.441. The number of hydrogen-bond acceptors (Lipinski definition) is 6. The highest BCUT2D eigenvalue weighted by molar-refractivity contribution is 5.89. The Kier molecular flexibility index (Phi) is 5.86. The molecule has 1 aromatic rings. The van der Waals surface area contributed by atoms with Gasteiger partial charge in [-0.1, -0.05) is 0 Å². The van der Waals surface area contributed by atoms with E-state index in [0.717, 1.165) is 37.2 Å². The molecule has 1 aromatic heterocycles. The van der Waals surface area contributed by atoms with E-state index in [4.69, 9.17) is 4.74 Å². The molecule has 0 unspecified atom stereocenters. The first-order valence-corrected chi connectivity index (χ1v) is 9.58. The molecule has 0 radical (unpaired) electrons. The van der Waals surface area contributed by atoms with Crippen molar-refractivity contribution in [3.05, 3.63) is 17.0 Å². The molecule has 2 aliphatic rings. The monoisotopic (exact) mass is 377 g/mol. The van der Waals surface area contributed by atoms with Crippen LogP contribution in [0.4, 0.5) is 0 Å². The van der Waals surface area contributed by atoms with E-state index in [1.807, 2.05) is 11.9 Å². The fourth-order valence-electron chi connectivity index (χ4n) is 4.31. The Balaban J connectivity index is 1.75. The van der Waals surface area contributed by atoms with Crippen LogP contribution in [0.15, 0.2) is 0 Å². The number of carbonyl (C=O) groups excluding carboxylic acids is 2. The number of rotatable bonds is 3. The number of likely N-dealkylation sites (N-methyl/N-ethyl adjacent to an activating group) is 2. The van der Waals surface area contributed by atoms with Crippen molar-refractivity contribution in [2.24, 2.45) is 13.0 Å². The number of fused-ring (bicyclic) bond motifs is 1. The molecular weight excluding hydrogens is 346 g/mol. The second-order valence-electron chi connectivity index (χ2n) is 8.01. The van der Waals surface area contributed by atoms with Gasteiger partial charge in [-0.3, -0.25) is 9.48 Å². The average molecular weight is 377 g/mol. The third-order valence-corrected chi connectivity index (χ3v) is 5.92. The quantitative estimate of drug-likeness (QED) is 0.709. The minimum absolute atomic E-state index is 0.000233. The number of aromatic nitrogens is 2. The van der Waals surface area contributed by atoms with Crippen molar-refractivity contribution >= 4 is 11.9 Å². The first-order chi connectivity index (χ1) is 12.8. The number of aryl methyl sites for hydroxylation is 1. The van der Waals surface area contributed by atoms with Gasteiger partial charge in [0, 0.05) is 56.9 Å². The van der Waals surface area contributed by atoms with Gasteiger partial charge in [-0.25, -0.2) is 4.79 Å². The maximum absolute atomic E-state index is 13.2. The number of ether oxygens (including phenoxy) is 1. The fourth-order valence-corrected chi connectivity index (χ4v) is 4.31. The fraction of sp³-hybridized carbons (Fsp3) is 0.737. The molecule has 0 bridgehead atoms. The molecule has 1 saturated heterocycles. The number of nitrogens with zero attached hydrogens (tertiary/aromatic N) is 5. The first kappa shape index (κ1) is 19.8. The summed E-state index contributed by atoms with van der Waals surface area (Å²) in [5.74, 6) is -0.254. The molecule has 0 aliphatic carbocycles. The molecule has 2 atom stereocenters. The maximum Gasteiger partial charge on any atom is 0.358 e. The average Bonchev–Trinajstić information content (AvgIpc) is 2.84. The predicted octanol–water partition coefficient (Wildman–Crippen LogP) is 0.363. The SMILES string of the molecule is COC(=O)c1nn(C)c2c1CN(C(=O)[C@@H]1CC[C@H](N(C)C)CN(C)C1)CC2. The molecule has 3 heterocycles. The van der Waals surface area contributed by atoms with Crippen molar-refractivity contribution in [1.82, 2.24) is 24.5 Å². The van der Waals surface area contributed by atoms with Crippen LogP contribution in [-0.2, 0) is 29.5 Å². The third-order valence-electron chi connectivity index (χ3n) is 5.92. The zero-order valence-electron chi connectivity index (χ0n) is 17.1. The molecule has 1 amide bonds. The Morgan fingerprint density at radius 3 is 2.59 bits per heavy atom. The van der Waals surface area contributed by atoms with Crippen LogP contribution < -0.4 is 0 Å². The summed E-state index contributed by atoms with van der Waals surface area (Å²) in [7, 11) is 9.49. The van der Waals surface area contributed by atoms with Crippen molar-refractivity contribution in [3.63, 3.8) is 0 Å². The predicted molar refractivity (Wildman–Crippen MR) is 101 cm³/mol. The lowest BCUT2D eigenvalue weighted by Gasteiger charge is -2.31. The Hall–Kier alpha value is -1.93. The van der Waals surface area contributed by atoms with Crippen LogP contribution in [0.25, 0.3) is 0 Å². The molecule has 0 aromatic carbocycles. The van der Waals surface area contributed by atoms with Crippen LogP contribution in [0.5, 0.6) is 0 Å². The highest BCUT2D eigenvalue weighted by atomic mass is 16.5. The largest absolute Gasteiger partial charge is 0.464 e. The number of amides is 1. The summed E-state index contributed by atoms with van der Waals surface area (Å²) in [5, 5.41) is 4.32. The van der Waals surface area contributed by atoms with E-state index >= 15 is 0 Å². The van der Waals surface area contributed by atoms with Crippen molar-refractivity contribution < 1.29 is 14.3 Å². The summed E-state index contributed by atoms with van der Waals surface area (Å²) in [6, 6.07) is 0.477. The van der Waals surface area contributed by atoms with Crippen LogP contribution in [-0.4, -0.2) is 90.3 Å². The molecule has 0 spiro atoms. The third kappa shape index (κ3) is 4.01. The van der Waals surface area contributed by atoms with E-state index in [0.29, 0.717) is 31.2 Å². The highest BCUT2D eigenvalue weighted by Crippen LogP contribution is 2.26. The van der Waals surface area contributed by atoms with Gasteiger partial charge in [-0.2, -0.15) is 5.10 Å². The molecule has 27 heavy (non-hydrogen) atoms. The lowest BCUT2D eigenvalue weighted by molar-refractivity contribution is -0.137. The summed E-state index contributed by atoms with van der Waals surface area (Å²) in [6.45, 7) is 2.87. The van der Waals surface area contributed by atoms with Gasteiger partial charge in [0.2, 0.25) is 5.91 Å². The van der Waals surface area contributed by atoms with Crippen molar-refractivity contribution in [3.8, 4) is 0 Å². The Labute approximate surface area is 161 Å². The van der Waals surface area contributed by atoms with Crippen LogP contribution in [0.2, 0.25) is 0 Å². The standard InChI is InChI=1S/C19H31N5O3/c1-21(2)14-7-6-13(10-22(3)11-14)18(25)24-9-8-16-15(12-24)17(19(26)27-5)20-23(16)4/h13-14H,6-12H2,1-5H3/t13-,14+/m1/s1. The van der Waals surface area contributed by atoms with E-state index < -0.39 is 5.97 Å². The van der Waals surface area contributed by atoms with Gasteiger partial charge in [0.05, 0.1) is 13.0 Å². The number of carbonyl (C=O) groups is 2.